The van der Waals surface area contributed by atoms with Crippen molar-refractivity contribution >= 4 is 5.91 Å². The summed E-state index contributed by atoms with van der Waals surface area (Å²) in [5.74, 6) is 0.450. The zero-order chi connectivity index (χ0) is 19.2. The van der Waals surface area contributed by atoms with Crippen LogP contribution in [0, 0.1) is 0 Å². The van der Waals surface area contributed by atoms with E-state index in [0.29, 0.717) is 37.9 Å². The second-order valence-corrected chi connectivity index (χ2v) is 7.84. The fraction of sp³-hybridized carbons (Fsp3) is 0.545. The first-order valence-corrected chi connectivity index (χ1v) is 10.5. The van der Waals surface area contributed by atoms with Crippen molar-refractivity contribution in [1.29, 1.82) is 0 Å². The number of aromatic nitrogens is 2. The number of nitrogens with zero attached hydrogens (tertiary/aromatic N) is 3. The van der Waals surface area contributed by atoms with E-state index < -0.39 is 0 Å². The third-order valence-corrected chi connectivity index (χ3v) is 5.84. The van der Waals surface area contributed by atoms with Gasteiger partial charge >= 0.3 is 0 Å². The molecule has 150 valence electrons. The lowest BCUT2D eigenvalue weighted by Crippen LogP contribution is -2.40. The van der Waals surface area contributed by atoms with Gasteiger partial charge in [-0.05, 0) is 50.4 Å². The van der Waals surface area contributed by atoms with Gasteiger partial charge in [0.2, 0.25) is 0 Å². The predicted molar refractivity (Wildman–Crippen MR) is 108 cm³/mol. The van der Waals surface area contributed by atoms with E-state index in [0.717, 1.165) is 31.6 Å². The average Bonchev–Trinajstić information content (AvgIpc) is 3.25. The molecule has 0 spiro atoms. The molecule has 0 aliphatic carbocycles. The highest BCUT2D eigenvalue weighted by molar-refractivity contribution is 5.92. The van der Waals surface area contributed by atoms with Crippen LogP contribution in [0.3, 0.4) is 0 Å². The number of piperidine rings is 1. The van der Waals surface area contributed by atoms with Crippen LogP contribution in [0.4, 0.5) is 0 Å². The smallest absolute Gasteiger partial charge is 0.274 e. The first-order chi connectivity index (χ1) is 13.8. The number of ether oxygens (including phenoxy) is 1. The van der Waals surface area contributed by atoms with Crippen molar-refractivity contribution in [2.75, 3.05) is 45.9 Å². The van der Waals surface area contributed by atoms with Gasteiger partial charge in [0.25, 0.3) is 5.91 Å². The van der Waals surface area contributed by atoms with E-state index in [2.05, 4.69) is 45.4 Å². The molecule has 2 aliphatic heterocycles. The van der Waals surface area contributed by atoms with Gasteiger partial charge in [-0.2, -0.15) is 5.10 Å². The van der Waals surface area contributed by atoms with Gasteiger partial charge in [0.05, 0.1) is 13.2 Å². The lowest BCUT2D eigenvalue weighted by atomic mass is 9.94. The Hall–Kier alpha value is -2.18. The van der Waals surface area contributed by atoms with Crippen molar-refractivity contribution in [3.05, 3.63) is 53.3 Å². The van der Waals surface area contributed by atoms with E-state index in [1.807, 2.05) is 11.0 Å². The zero-order valence-electron chi connectivity index (χ0n) is 16.5. The van der Waals surface area contributed by atoms with E-state index >= 15 is 0 Å². The molecule has 0 radical (unpaired) electrons. The average molecular weight is 383 g/mol. The van der Waals surface area contributed by atoms with Gasteiger partial charge in [-0.15, -0.1) is 0 Å². The Morgan fingerprint density at radius 3 is 2.82 bits per heavy atom. The number of rotatable bonds is 6. The molecule has 2 fully saturated rings. The van der Waals surface area contributed by atoms with Gasteiger partial charge < -0.3 is 14.5 Å². The highest BCUT2D eigenvalue weighted by Gasteiger charge is 2.25. The summed E-state index contributed by atoms with van der Waals surface area (Å²) in [7, 11) is 0. The normalized spacial score (nSPS) is 21.0. The van der Waals surface area contributed by atoms with Gasteiger partial charge in [0, 0.05) is 31.2 Å². The van der Waals surface area contributed by atoms with E-state index in [-0.39, 0.29) is 5.91 Å². The Kier molecular flexibility index (Phi) is 6.39. The van der Waals surface area contributed by atoms with E-state index in [9.17, 15) is 4.79 Å². The highest BCUT2D eigenvalue weighted by Crippen LogP contribution is 2.26. The SMILES string of the molecule is O=C(c1cc([C@@H]2CCCN(CCCc3ccccc3)C2)[nH]n1)N1CCOCC1. The van der Waals surface area contributed by atoms with Crippen LogP contribution in [-0.4, -0.2) is 71.8 Å². The summed E-state index contributed by atoms with van der Waals surface area (Å²) in [6.45, 7) is 5.87. The standard InChI is InChI=1S/C22H30N4O2/c27-22(26-12-14-28-15-13-26)21-16-20(23-24-21)19-9-5-11-25(17-19)10-4-8-18-6-2-1-3-7-18/h1-3,6-7,16,19H,4-5,8-15,17H2,(H,23,24)/t19-/m1/s1. The maximum Gasteiger partial charge on any atom is 0.274 e. The van der Waals surface area contributed by atoms with Crippen LogP contribution in [0.2, 0.25) is 0 Å². The Bertz CT molecular complexity index is 755. The molecule has 1 aromatic carbocycles. The largest absolute Gasteiger partial charge is 0.378 e. The van der Waals surface area contributed by atoms with Gasteiger partial charge in [-0.1, -0.05) is 30.3 Å². The second kappa shape index (κ2) is 9.34. The second-order valence-electron chi connectivity index (χ2n) is 7.84. The molecule has 6 heteroatoms. The summed E-state index contributed by atoms with van der Waals surface area (Å²) >= 11 is 0. The summed E-state index contributed by atoms with van der Waals surface area (Å²) in [5.41, 5.74) is 3.05. The van der Waals surface area contributed by atoms with Gasteiger partial charge in [-0.25, -0.2) is 0 Å². The number of morpholine rings is 1. The Balaban J connectivity index is 1.29. The van der Waals surface area contributed by atoms with Crippen LogP contribution in [0.15, 0.2) is 36.4 Å². The van der Waals surface area contributed by atoms with Gasteiger partial charge in [-0.3, -0.25) is 9.89 Å². The number of amides is 1. The molecule has 2 saturated heterocycles. The summed E-state index contributed by atoms with van der Waals surface area (Å²) in [5, 5.41) is 7.46. The number of hydrogen-bond acceptors (Lipinski definition) is 4. The number of carbonyl (C=O) groups excluding carboxylic acids is 1. The quantitative estimate of drug-likeness (QED) is 0.834. The topological polar surface area (TPSA) is 61.5 Å². The molecule has 2 aromatic rings. The lowest BCUT2D eigenvalue weighted by Gasteiger charge is -2.32. The fourth-order valence-electron chi connectivity index (χ4n) is 4.25. The monoisotopic (exact) mass is 382 g/mol. The fourth-order valence-corrected chi connectivity index (χ4v) is 4.25. The number of likely N-dealkylation sites (tertiary alicyclic amines) is 1. The summed E-state index contributed by atoms with van der Waals surface area (Å²) in [6, 6.07) is 12.7. The highest BCUT2D eigenvalue weighted by atomic mass is 16.5. The number of carbonyl (C=O) groups is 1. The predicted octanol–water partition coefficient (Wildman–Crippen LogP) is 2.69. The summed E-state index contributed by atoms with van der Waals surface area (Å²) < 4.78 is 5.33. The van der Waals surface area contributed by atoms with Crippen molar-refractivity contribution in [3.8, 4) is 0 Å². The lowest BCUT2D eigenvalue weighted by molar-refractivity contribution is 0.0299. The molecule has 2 aliphatic rings. The molecule has 6 nitrogen and oxygen atoms in total. The van der Waals surface area contributed by atoms with Crippen LogP contribution in [0.5, 0.6) is 0 Å². The molecule has 0 bridgehead atoms. The first-order valence-electron chi connectivity index (χ1n) is 10.5. The molecule has 0 unspecified atom stereocenters. The molecule has 4 rings (SSSR count). The third kappa shape index (κ3) is 4.80. The van der Waals surface area contributed by atoms with Crippen molar-refractivity contribution < 1.29 is 9.53 Å². The van der Waals surface area contributed by atoms with Crippen LogP contribution >= 0.6 is 0 Å². The van der Waals surface area contributed by atoms with Crippen LogP contribution in [-0.2, 0) is 11.2 Å². The summed E-state index contributed by atoms with van der Waals surface area (Å²) in [4.78, 5) is 17.0. The number of H-pyrrole nitrogens is 1. The molecule has 0 saturated carbocycles. The maximum atomic E-state index is 12.6. The number of benzene rings is 1. The minimum Gasteiger partial charge on any atom is -0.378 e. The molecule has 3 heterocycles. The Morgan fingerprint density at radius 2 is 2.00 bits per heavy atom. The van der Waals surface area contributed by atoms with E-state index in [4.69, 9.17) is 4.74 Å². The van der Waals surface area contributed by atoms with Crippen molar-refractivity contribution in [2.24, 2.45) is 0 Å². The zero-order valence-corrected chi connectivity index (χ0v) is 16.5. The molecule has 1 aromatic heterocycles. The molecular weight excluding hydrogens is 352 g/mol. The Morgan fingerprint density at radius 1 is 1.18 bits per heavy atom. The minimum absolute atomic E-state index is 0.0151. The van der Waals surface area contributed by atoms with Gasteiger partial charge in [0.1, 0.15) is 5.69 Å². The van der Waals surface area contributed by atoms with E-state index in [1.165, 1.54) is 24.9 Å². The molecular formula is C22H30N4O2. The number of aryl methyl sites for hydroxylation is 1. The van der Waals surface area contributed by atoms with Crippen molar-refractivity contribution in [2.45, 2.75) is 31.6 Å². The maximum absolute atomic E-state index is 12.6. The van der Waals surface area contributed by atoms with Crippen LogP contribution in [0.1, 0.15) is 46.9 Å². The first kappa shape index (κ1) is 19.2. The van der Waals surface area contributed by atoms with Crippen molar-refractivity contribution in [3.63, 3.8) is 0 Å². The van der Waals surface area contributed by atoms with Crippen LogP contribution < -0.4 is 0 Å². The van der Waals surface area contributed by atoms with Crippen molar-refractivity contribution in [1.82, 2.24) is 20.0 Å². The third-order valence-electron chi connectivity index (χ3n) is 5.84. The Labute approximate surface area is 166 Å². The number of aromatic amines is 1. The number of nitrogens with one attached hydrogen (secondary N) is 1. The molecule has 1 N–H and O–H groups in total. The van der Waals surface area contributed by atoms with Crippen LogP contribution in [0.25, 0.3) is 0 Å². The molecule has 28 heavy (non-hydrogen) atoms. The number of hydrogen-bond donors (Lipinski definition) is 1. The summed E-state index contributed by atoms with van der Waals surface area (Å²) in [6.07, 6.45) is 4.66. The van der Waals surface area contributed by atoms with Gasteiger partial charge in [0.15, 0.2) is 0 Å². The molecule has 1 atom stereocenters. The van der Waals surface area contributed by atoms with E-state index in [1.54, 1.807) is 0 Å². The minimum atomic E-state index is 0.0151. The molecule has 1 amide bonds.